The molecular weight excluding hydrogens is 193 g/mol. The standard InChI is InChI=1S/C5H3Cl2NO3/c6-1-2-8-3(5(9)10)4(7)11-2/h1H2,(H,9,10). The molecule has 0 atom stereocenters. The van der Waals surface area contributed by atoms with Crippen LogP contribution in [0.15, 0.2) is 4.42 Å². The van der Waals surface area contributed by atoms with Gasteiger partial charge in [0.2, 0.25) is 16.8 Å². The number of oxazole rings is 1. The molecule has 0 unspecified atom stereocenters. The summed E-state index contributed by atoms with van der Waals surface area (Å²) in [4.78, 5) is 13.8. The quantitative estimate of drug-likeness (QED) is 0.732. The highest BCUT2D eigenvalue weighted by Gasteiger charge is 2.16. The fraction of sp³-hybridized carbons (Fsp3) is 0.200. The van der Waals surface area contributed by atoms with Gasteiger partial charge in [0.05, 0.1) is 5.88 Å². The Morgan fingerprint density at radius 1 is 1.73 bits per heavy atom. The highest BCUT2D eigenvalue weighted by atomic mass is 35.5. The molecule has 0 spiro atoms. The van der Waals surface area contributed by atoms with Gasteiger partial charge in [-0.15, -0.1) is 11.6 Å². The largest absolute Gasteiger partial charge is 0.476 e. The van der Waals surface area contributed by atoms with Crippen molar-refractivity contribution in [1.82, 2.24) is 4.98 Å². The summed E-state index contributed by atoms with van der Waals surface area (Å²) in [6.07, 6.45) is 0. The molecule has 0 bridgehead atoms. The van der Waals surface area contributed by atoms with E-state index in [9.17, 15) is 4.79 Å². The Labute approximate surface area is 71.7 Å². The Hall–Kier alpha value is -0.740. The third-order valence-electron chi connectivity index (χ3n) is 0.947. The SMILES string of the molecule is O=C(O)c1nc(CCl)oc1Cl. The summed E-state index contributed by atoms with van der Waals surface area (Å²) in [5.74, 6) is -1.11. The molecule has 0 aliphatic heterocycles. The first-order chi connectivity index (χ1) is 5.15. The Kier molecular flexibility index (Phi) is 2.36. The number of halogens is 2. The van der Waals surface area contributed by atoms with Gasteiger partial charge in [-0.25, -0.2) is 9.78 Å². The van der Waals surface area contributed by atoms with Crippen LogP contribution in [0.25, 0.3) is 0 Å². The maximum Gasteiger partial charge on any atom is 0.359 e. The molecule has 1 rings (SSSR count). The number of carboxylic acid groups (broad SMARTS) is 1. The zero-order valence-corrected chi connectivity index (χ0v) is 6.69. The summed E-state index contributed by atoms with van der Waals surface area (Å²) in [6, 6.07) is 0. The Bertz CT molecular complexity index is 283. The molecule has 1 N–H and O–H groups in total. The molecule has 0 aromatic carbocycles. The normalized spacial score (nSPS) is 10.0. The summed E-state index contributed by atoms with van der Waals surface area (Å²) in [6.45, 7) is 0. The van der Waals surface area contributed by atoms with E-state index in [1.165, 1.54) is 0 Å². The Morgan fingerprint density at radius 2 is 2.36 bits per heavy atom. The number of carbonyl (C=O) groups is 1. The van der Waals surface area contributed by atoms with Crippen molar-refractivity contribution in [3.63, 3.8) is 0 Å². The Morgan fingerprint density at radius 3 is 2.64 bits per heavy atom. The van der Waals surface area contributed by atoms with E-state index in [0.717, 1.165) is 0 Å². The van der Waals surface area contributed by atoms with Crippen LogP contribution in [0.1, 0.15) is 16.4 Å². The van der Waals surface area contributed by atoms with Crippen LogP contribution in [0.2, 0.25) is 5.22 Å². The third-order valence-corrected chi connectivity index (χ3v) is 1.43. The van der Waals surface area contributed by atoms with Gasteiger partial charge in [0.25, 0.3) is 0 Å². The van der Waals surface area contributed by atoms with Crippen LogP contribution >= 0.6 is 23.2 Å². The average Bonchev–Trinajstić information content (AvgIpc) is 2.30. The van der Waals surface area contributed by atoms with Crippen LogP contribution in [0.3, 0.4) is 0 Å². The number of hydrogen-bond donors (Lipinski definition) is 1. The predicted molar refractivity (Wildman–Crippen MR) is 38.0 cm³/mol. The molecular formula is C5H3Cl2NO3. The lowest BCUT2D eigenvalue weighted by atomic mass is 10.5. The molecule has 0 aliphatic rings. The number of alkyl halides is 1. The lowest BCUT2D eigenvalue weighted by molar-refractivity contribution is 0.0690. The van der Waals surface area contributed by atoms with E-state index >= 15 is 0 Å². The van der Waals surface area contributed by atoms with Gasteiger partial charge < -0.3 is 9.52 Å². The van der Waals surface area contributed by atoms with Crippen LogP contribution in [-0.4, -0.2) is 16.1 Å². The smallest absolute Gasteiger partial charge is 0.359 e. The molecule has 0 aliphatic carbocycles. The van der Waals surface area contributed by atoms with Crippen molar-refractivity contribution >= 4 is 29.2 Å². The number of carboxylic acids is 1. The van der Waals surface area contributed by atoms with Crippen LogP contribution < -0.4 is 0 Å². The molecule has 4 nitrogen and oxygen atoms in total. The first-order valence-corrected chi connectivity index (χ1v) is 3.51. The highest BCUT2D eigenvalue weighted by Crippen LogP contribution is 2.17. The molecule has 0 amide bonds. The first-order valence-electron chi connectivity index (χ1n) is 2.59. The zero-order chi connectivity index (χ0) is 8.43. The number of nitrogens with zero attached hydrogens (tertiary/aromatic N) is 1. The summed E-state index contributed by atoms with van der Waals surface area (Å²) < 4.78 is 4.67. The number of aromatic nitrogens is 1. The van der Waals surface area contributed by atoms with Crippen LogP contribution in [0.4, 0.5) is 0 Å². The molecule has 0 saturated carbocycles. The van der Waals surface area contributed by atoms with E-state index < -0.39 is 5.97 Å². The van der Waals surface area contributed by atoms with Crippen LogP contribution in [0.5, 0.6) is 0 Å². The molecule has 0 fully saturated rings. The van der Waals surface area contributed by atoms with E-state index in [4.69, 9.17) is 28.3 Å². The predicted octanol–water partition coefficient (Wildman–Crippen LogP) is 1.77. The van der Waals surface area contributed by atoms with Crippen molar-refractivity contribution in [2.24, 2.45) is 0 Å². The second kappa shape index (κ2) is 3.11. The van der Waals surface area contributed by atoms with Crippen molar-refractivity contribution in [2.75, 3.05) is 0 Å². The van der Waals surface area contributed by atoms with Gasteiger partial charge in [-0.1, -0.05) is 0 Å². The minimum absolute atomic E-state index is 0.00694. The van der Waals surface area contributed by atoms with E-state index in [1.54, 1.807) is 0 Å². The van der Waals surface area contributed by atoms with E-state index in [0.29, 0.717) is 0 Å². The van der Waals surface area contributed by atoms with Gasteiger partial charge in [-0.2, -0.15) is 0 Å². The average molecular weight is 196 g/mol. The summed E-state index contributed by atoms with van der Waals surface area (Å²) in [7, 11) is 0. The van der Waals surface area contributed by atoms with E-state index in [2.05, 4.69) is 9.40 Å². The summed E-state index contributed by atoms with van der Waals surface area (Å²) in [5, 5.41) is 8.18. The van der Waals surface area contributed by atoms with Crippen molar-refractivity contribution in [1.29, 1.82) is 0 Å². The molecule has 60 valence electrons. The molecule has 11 heavy (non-hydrogen) atoms. The Balaban J connectivity index is 3.07. The molecule has 1 aromatic rings. The molecule has 1 heterocycles. The zero-order valence-electron chi connectivity index (χ0n) is 5.17. The molecule has 0 saturated heterocycles. The van der Waals surface area contributed by atoms with Crippen molar-refractivity contribution in [3.05, 3.63) is 16.8 Å². The van der Waals surface area contributed by atoms with Crippen molar-refractivity contribution < 1.29 is 14.3 Å². The first kappa shape index (κ1) is 8.36. The fourth-order valence-electron chi connectivity index (χ4n) is 0.532. The van der Waals surface area contributed by atoms with Gasteiger partial charge in [0, 0.05) is 0 Å². The lowest BCUT2D eigenvalue weighted by Gasteiger charge is -1.80. The van der Waals surface area contributed by atoms with Gasteiger partial charge in [-0.05, 0) is 11.6 Å². The minimum Gasteiger partial charge on any atom is -0.476 e. The number of hydrogen-bond acceptors (Lipinski definition) is 3. The lowest BCUT2D eigenvalue weighted by Crippen LogP contribution is -1.97. The molecule has 0 radical (unpaired) electrons. The van der Waals surface area contributed by atoms with Crippen molar-refractivity contribution in [2.45, 2.75) is 5.88 Å². The minimum atomic E-state index is -1.23. The second-order valence-electron chi connectivity index (χ2n) is 1.67. The summed E-state index contributed by atoms with van der Waals surface area (Å²) in [5.41, 5.74) is -0.303. The van der Waals surface area contributed by atoms with Gasteiger partial charge in [0.15, 0.2) is 0 Å². The monoisotopic (exact) mass is 195 g/mol. The molecule has 1 aromatic heterocycles. The maximum atomic E-state index is 10.3. The number of aromatic carboxylic acids is 1. The van der Waals surface area contributed by atoms with Gasteiger partial charge in [-0.3, -0.25) is 0 Å². The van der Waals surface area contributed by atoms with Crippen LogP contribution in [-0.2, 0) is 5.88 Å². The third kappa shape index (κ3) is 1.64. The molecule has 6 heteroatoms. The van der Waals surface area contributed by atoms with Gasteiger partial charge in [0.1, 0.15) is 0 Å². The summed E-state index contributed by atoms with van der Waals surface area (Å²) >= 11 is 10.7. The van der Waals surface area contributed by atoms with E-state index in [-0.39, 0.29) is 22.7 Å². The fourth-order valence-corrected chi connectivity index (χ4v) is 0.859. The van der Waals surface area contributed by atoms with Crippen LogP contribution in [0, 0.1) is 0 Å². The van der Waals surface area contributed by atoms with Crippen molar-refractivity contribution in [3.8, 4) is 0 Å². The second-order valence-corrected chi connectivity index (χ2v) is 2.28. The number of rotatable bonds is 2. The maximum absolute atomic E-state index is 10.3. The topological polar surface area (TPSA) is 63.3 Å². The van der Waals surface area contributed by atoms with Gasteiger partial charge >= 0.3 is 5.97 Å². The highest BCUT2D eigenvalue weighted by molar-refractivity contribution is 6.31. The van der Waals surface area contributed by atoms with E-state index in [1.807, 2.05) is 0 Å².